The minimum absolute atomic E-state index is 0.717. The van der Waals surface area contributed by atoms with Gasteiger partial charge in [0.15, 0.2) is 5.16 Å². The summed E-state index contributed by atoms with van der Waals surface area (Å²) in [6.07, 6.45) is 3.25. The van der Waals surface area contributed by atoms with E-state index in [1.54, 1.807) is 11.8 Å². The lowest BCUT2D eigenvalue weighted by Crippen LogP contribution is -2.02. The Morgan fingerprint density at radius 1 is 1.19 bits per heavy atom. The van der Waals surface area contributed by atoms with E-state index in [2.05, 4.69) is 72.3 Å². The molecule has 3 rings (SSSR count). The van der Waals surface area contributed by atoms with E-state index < -0.39 is 0 Å². The Kier molecular flexibility index (Phi) is 6.96. The third-order valence-electron chi connectivity index (χ3n) is 4.31. The van der Waals surface area contributed by atoms with Crippen LogP contribution in [0.2, 0.25) is 0 Å². The van der Waals surface area contributed by atoms with Crippen molar-refractivity contribution in [1.82, 2.24) is 9.55 Å². The van der Waals surface area contributed by atoms with Crippen LogP contribution < -0.4 is 11.1 Å². The van der Waals surface area contributed by atoms with Crippen LogP contribution in [0.5, 0.6) is 0 Å². The number of benzene rings is 2. The van der Waals surface area contributed by atoms with E-state index in [9.17, 15) is 0 Å². The highest BCUT2D eigenvalue weighted by Gasteiger charge is 2.11. The number of thioether (sulfide) groups is 1. The van der Waals surface area contributed by atoms with Crippen LogP contribution >= 0.6 is 11.8 Å². The van der Waals surface area contributed by atoms with Gasteiger partial charge in [-0.25, -0.2) is 4.98 Å². The van der Waals surface area contributed by atoms with E-state index in [1.807, 2.05) is 6.07 Å². The molecule has 0 aliphatic heterocycles. The van der Waals surface area contributed by atoms with Crippen molar-refractivity contribution in [2.45, 2.75) is 38.5 Å². The van der Waals surface area contributed by atoms with Gasteiger partial charge in [0.05, 0.1) is 11.0 Å². The predicted molar refractivity (Wildman–Crippen MR) is 117 cm³/mol. The van der Waals surface area contributed by atoms with Crippen molar-refractivity contribution in [2.24, 2.45) is 5.73 Å². The average Bonchev–Trinajstić information content (AvgIpc) is 3.02. The first-order valence-electron chi connectivity index (χ1n) is 9.41. The molecule has 0 saturated heterocycles. The van der Waals surface area contributed by atoms with Gasteiger partial charge in [0.2, 0.25) is 0 Å². The first kappa shape index (κ1) is 19.5. The van der Waals surface area contributed by atoms with E-state index in [1.165, 1.54) is 16.7 Å². The van der Waals surface area contributed by atoms with Crippen molar-refractivity contribution in [1.29, 1.82) is 0 Å². The maximum Gasteiger partial charge on any atom is 0.169 e. The molecule has 0 atom stereocenters. The summed E-state index contributed by atoms with van der Waals surface area (Å²) in [6.45, 7) is 6.63. The Labute approximate surface area is 165 Å². The van der Waals surface area contributed by atoms with Crippen LogP contribution in [0.3, 0.4) is 0 Å². The molecule has 3 N–H and O–H groups in total. The molecule has 0 aliphatic carbocycles. The number of allylic oxidation sites excluding steroid dienone is 2. The van der Waals surface area contributed by atoms with Gasteiger partial charge in [-0.05, 0) is 50.6 Å². The SMILES string of the molecule is CC(C)=CCn1c(SCCCN)nc2ccc(NCc3ccccc3)cc21. The Morgan fingerprint density at radius 2 is 2.00 bits per heavy atom. The number of nitrogens with two attached hydrogens (primary N) is 1. The van der Waals surface area contributed by atoms with Crippen LogP contribution in [0.15, 0.2) is 65.3 Å². The standard InChI is InChI=1S/C22H28N4S/c1-17(2)11-13-26-21-15-19(24-16-18-7-4-3-5-8-18)9-10-20(21)25-22(26)27-14-6-12-23/h3-5,7-11,15,24H,6,12-14,16,23H2,1-2H3. The maximum absolute atomic E-state index is 5.65. The lowest BCUT2D eigenvalue weighted by molar-refractivity contribution is 0.743. The first-order valence-corrected chi connectivity index (χ1v) is 10.4. The van der Waals surface area contributed by atoms with E-state index in [0.717, 1.165) is 48.2 Å². The van der Waals surface area contributed by atoms with Gasteiger partial charge in [0.1, 0.15) is 0 Å². The van der Waals surface area contributed by atoms with Gasteiger partial charge in [-0.3, -0.25) is 0 Å². The average molecular weight is 381 g/mol. The zero-order valence-electron chi connectivity index (χ0n) is 16.1. The second kappa shape index (κ2) is 9.62. The number of rotatable bonds is 9. The minimum Gasteiger partial charge on any atom is -0.381 e. The molecule has 0 radical (unpaired) electrons. The number of nitrogens with one attached hydrogen (secondary N) is 1. The maximum atomic E-state index is 5.65. The quantitative estimate of drug-likeness (QED) is 0.310. The van der Waals surface area contributed by atoms with Crippen molar-refractivity contribution >= 4 is 28.5 Å². The summed E-state index contributed by atoms with van der Waals surface area (Å²) in [5, 5.41) is 4.59. The highest BCUT2D eigenvalue weighted by molar-refractivity contribution is 7.99. The first-order chi connectivity index (χ1) is 13.2. The number of hydrogen-bond acceptors (Lipinski definition) is 4. The van der Waals surface area contributed by atoms with Crippen LogP contribution in [0.4, 0.5) is 5.69 Å². The molecule has 0 fully saturated rings. The molecule has 0 unspecified atom stereocenters. The topological polar surface area (TPSA) is 55.9 Å². The van der Waals surface area contributed by atoms with Gasteiger partial charge in [-0.1, -0.05) is 53.7 Å². The largest absolute Gasteiger partial charge is 0.381 e. The molecule has 1 aromatic heterocycles. The van der Waals surface area contributed by atoms with Gasteiger partial charge >= 0.3 is 0 Å². The lowest BCUT2D eigenvalue weighted by Gasteiger charge is -2.09. The summed E-state index contributed by atoms with van der Waals surface area (Å²) in [7, 11) is 0. The molecule has 0 saturated carbocycles. The van der Waals surface area contributed by atoms with Crippen LogP contribution in [0.25, 0.3) is 11.0 Å². The van der Waals surface area contributed by atoms with Crippen LogP contribution in [0.1, 0.15) is 25.8 Å². The fourth-order valence-corrected chi connectivity index (χ4v) is 3.80. The summed E-state index contributed by atoms with van der Waals surface area (Å²) in [6, 6.07) is 16.9. The second-order valence-corrected chi connectivity index (χ2v) is 7.88. The van der Waals surface area contributed by atoms with Crippen LogP contribution in [0, 0.1) is 0 Å². The van der Waals surface area contributed by atoms with Gasteiger partial charge in [0, 0.05) is 24.5 Å². The Hall–Kier alpha value is -2.24. The van der Waals surface area contributed by atoms with E-state index >= 15 is 0 Å². The van der Waals surface area contributed by atoms with Crippen molar-refractivity contribution in [2.75, 3.05) is 17.6 Å². The molecule has 27 heavy (non-hydrogen) atoms. The van der Waals surface area contributed by atoms with Crippen molar-refractivity contribution in [3.63, 3.8) is 0 Å². The molecule has 5 heteroatoms. The third-order valence-corrected chi connectivity index (χ3v) is 5.38. The fourth-order valence-electron chi connectivity index (χ4n) is 2.82. The normalized spacial score (nSPS) is 10.9. The van der Waals surface area contributed by atoms with Crippen molar-refractivity contribution < 1.29 is 0 Å². The van der Waals surface area contributed by atoms with Gasteiger partial charge in [0.25, 0.3) is 0 Å². The molecular weight excluding hydrogens is 352 g/mol. The van der Waals surface area contributed by atoms with Gasteiger partial charge in [-0.2, -0.15) is 0 Å². The van der Waals surface area contributed by atoms with Gasteiger partial charge < -0.3 is 15.6 Å². The van der Waals surface area contributed by atoms with Crippen LogP contribution in [-0.2, 0) is 13.1 Å². The molecule has 4 nitrogen and oxygen atoms in total. The molecule has 0 aliphatic rings. The van der Waals surface area contributed by atoms with E-state index in [4.69, 9.17) is 10.7 Å². The summed E-state index contributed by atoms with van der Waals surface area (Å²) in [4.78, 5) is 4.85. The van der Waals surface area contributed by atoms with Crippen LogP contribution in [-0.4, -0.2) is 21.8 Å². The summed E-state index contributed by atoms with van der Waals surface area (Å²) < 4.78 is 2.30. The third kappa shape index (κ3) is 5.37. The van der Waals surface area contributed by atoms with Crippen molar-refractivity contribution in [3.8, 4) is 0 Å². The summed E-state index contributed by atoms with van der Waals surface area (Å²) in [5.74, 6) is 0.994. The Balaban J connectivity index is 1.85. The molecule has 2 aromatic carbocycles. The Morgan fingerprint density at radius 3 is 2.74 bits per heavy atom. The fraction of sp³-hybridized carbons (Fsp3) is 0.318. The summed E-state index contributed by atoms with van der Waals surface area (Å²) >= 11 is 1.79. The Bertz CT molecular complexity index is 895. The van der Waals surface area contributed by atoms with Gasteiger partial charge in [-0.15, -0.1) is 0 Å². The predicted octanol–water partition coefficient (Wildman–Crippen LogP) is 5.06. The minimum atomic E-state index is 0.717. The number of aromatic nitrogens is 2. The highest BCUT2D eigenvalue weighted by atomic mass is 32.2. The molecule has 142 valence electrons. The second-order valence-electron chi connectivity index (χ2n) is 6.82. The molecule has 1 heterocycles. The van der Waals surface area contributed by atoms with E-state index in [-0.39, 0.29) is 0 Å². The lowest BCUT2D eigenvalue weighted by atomic mass is 10.2. The zero-order chi connectivity index (χ0) is 19.1. The number of imidazole rings is 1. The molecule has 3 aromatic rings. The number of fused-ring (bicyclic) bond motifs is 1. The van der Waals surface area contributed by atoms with E-state index in [0.29, 0.717) is 0 Å². The van der Waals surface area contributed by atoms with Crippen molar-refractivity contribution in [3.05, 3.63) is 65.7 Å². The molecular formula is C22H28N4S. The zero-order valence-corrected chi connectivity index (χ0v) is 16.9. The number of hydrogen-bond donors (Lipinski definition) is 2. The summed E-state index contributed by atoms with van der Waals surface area (Å²) in [5.41, 5.74) is 11.6. The molecule has 0 bridgehead atoms. The highest BCUT2D eigenvalue weighted by Crippen LogP contribution is 2.27. The number of nitrogens with zero attached hydrogens (tertiary/aromatic N) is 2. The monoisotopic (exact) mass is 380 g/mol. The number of anilines is 1. The molecule has 0 spiro atoms. The smallest absolute Gasteiger partial charge is 0.169 e. The molecule has 0 amide bonds.